The van der Waals surface area contributed by atoms with Gasteiger partial charge in [0.15, 0.2) is 5.69 Å². The van der Waals surface area contributed by atoms with Crippen LogP contribution in [0.1, 0.15) is 10.5 Å². The lowest BCUT2D eigenvalue weighted by Gasteiger charge is -2.04. The van der Waals surface area contributed by atoms with E-state index in [9.17, 15) is 13.6 Å². The molecule has 0 aliphatic carbocycles. The van der Waals surface area contributed by atoms with Crippen molar-refractivity contribution < 1.29 is 13.6 Å². The van der Waals surface area contributed by atoms with Crippen LogP contribution in [0.15, 0.2) is 35.4 Å². The summed E-state index contributed by atoms with van der Waals surface area (Å²) in [6, 6.07) is 6.12. The highest BCUT2D eigenvalue weighted by Crippen LogP contribution is 2.26. The lowest BCUT2D eigenvalue weighted by atomic mass is 10.3. The molecule has 1 amide bonds. The van der Waals surface area contributed by atoms with E-state index in [1.807, 2.05) is 0 Å². The highest BCUT2D eigenvalue weighted by atomic mass is 32.2. The molecule has 1 aromatic carbocycles. The molecule has 21 heavy (non-hydrogen) atoms. The number of carbonyl (C=O) groups excluding carboxylic acids is 1. The Kier molecular flexibility index (Phi) is 5.23. The molecule has 6 nitrogen and oxygen atoms in total. The Labute approximate surface area is 123 Å². The molecule has 0 saturated carbocycles. The number of nitrogens with one attached hydrogen (secondary N) is 1. The largest absolute Gasteiger partial charge is 0.329 e. The highest BCUT2D eigenvalue weighted by molar-refractivity contribution is 7.99. The molecule has 2 aromatic rings. The minimum absolute atomic E-state index is 0.162. The topological polar surface area (TPSA) is 85.8 Å². The molecule has 1 heterocycles. The molecule has 1 aromatic heterocycles. The summed E-state index contributed by atoms with van der Waals surface area (Å²) in [5.74, 6) is -2.89. The van der Waals surface area contributed by atoms with E-state index in [1.54, 1.807) is 12.1 Å². The minimum Gasteiger partial charge on any atom is -0.329 e. The van der Waals surface area contributed by atoms with Crippen molar-refractivity contribution in [1.29, 1.82) is 0 Å². The quantitative estimate of drug-likeness (QED) is 0.794. The number of alkyl halides is 2. The SMILES string of the molecule is NCCn1cc(C(=O)Nc2ccc(SC(F)F)cc2)nn1. The van der Waals surface area contributed by atoms with Crippen molar-refractivity contribution in [3.8, 4) is 0 Å². The molecule has 0 radical (unpaired) electrons. The highest BCUT2D eigenvalue weighted by Gasteiger charge is 2.11. The Balaban J connectivity index is 1.98. The van der Waals surface area contributed by atoms with Crippen molar-refractivity contribution >= 4 is 23.4 Å². The molecular formula is C12H13F2N5OS. The van der Waals surface area contributed by atoms with Crippen LogP contribution >= 0.6 is 11.8 Å². The fourth-order valence-electron chi connectivity index (χ4n) is 1.56. The third kappa shape index (κ3) is 4.50. The molecule has 0 unspecified atom stereocenters. The number of thioether (sulfide) groups is 1. The van der Waals surface area contributed by atoms with E-state index in [0.29, 0.717) is 35.4 Å². The number of anilines is 1. The van der Waals surface area contributed by atoms with Gasteiger partial charge in [-0.25, -0.2) is 0 Å². The van der Waals surface area contributed by atoms with Gasteiger partial charge < -0.3 is 11.1 Å². The van der Waals surface area contributed by atoms with Gasteiger partial charge in [0, 0.05) is 17.1 Å². The number of hydrogen-bond donors (Lipinski definition) is 2. The van der Waals surface area contributed by atoms with Crippen LogP contribution in [0.3, 0.4) is 0 Å². The van der Waals surface area contributed by atoms with E-state index >= 15 is 0 Å². The number of benzene rings is 1. The van der Waals surface area contributed by atoms with Crippen molar-refractivity contribution in [3.05, 3.63) is 36.2 Å². The second-order valence-electron chi connectivity index (χ2n) is 4.01. The smallest absolute Gasteiger partial charge is 0.288 e. The summed E-state index contributed by atoms with van der Waals surface area (Å²) in [5.41, 5.74) is 6.03. The predicted molar refractivity (Wildman–Crippen MR) is 75.3 cm³/mol. The monoisotopic (exact) mass is 313 g/mol. The van der Waals surface area contributed by atoms with Gasteiger partial charge in [0.2, 0.25) is 0 Å². The summed E-state index contributed by atoms with van der Waals surface area (Å²) in [4.78, 5) is 12.3. The van der Waals surface area contributed by atoms with E-state index < -0.39 is 11.7 Å². The average molecular weight is 313 g/mol. The molecule has 0 bridgehead atoms. The van der Waals surface area contributed by atoms with E-state index in [0.717, 1.165) is 0 Å². The van der Waals surface area contributed by atoms with Crippen molar-refractivity contribution in [2.24, 2.45) is 5.73 Å². The van der Waals surface area contributed by atoms with Crippen molar-refractivity contribution in [2.75, 3.05) is 11.9 Å². The molecule has 0 aliphatic rings. The summed E-state index contributed by atoms with van der Waals surface area (Å²) >= 11 is 0.448. The maximum Gasteiger partial charge on any atom is 0.288 e. The van der Waals surface area contributed by atoms with Gasteiger partial charge in [0.05, 0.1) is 12.7 Å². The van der Waals surface area contributed by atoms with Crippen molar-refractivity contribution in [3.63, 3.8) is 0 Å². The zero-order valence-electron chi connectivity index (χ0n) is 10.9. The zero-order chi connectivity index (χ0) is 15.2. The van der Waals surface area contributed by atoms with E-state index in [1.165, 1.54) is 23.0 Å². The van der Waals surface area contributed by atoms with Crippen LogP contribution in [0.2, 0.25) is 0 Å². The van der Waals surface area contributed by atoms with Gasteiger partial charge in [0.25, 0.3) is 11.7 Å². The first-order valence-electron chi connectivity index (χ1n) is 6.05. The predicted octanol–water partition coefficient (Wildman–Crippen LogP) is 1.80. The van der Waals surface area contributed by atoms with Crippen molar-refractivity contribution in [2.45, 2.75) is 17.2 Å². The van der Waals surface area contributed by atoms with Gasteiger partial charge in [0.1, 0.15) is 0 Å². The minimum atomic E-state index is -2.47. The fraction of sp³-hybridized carbons (Fsp3) is 0.250. The number of nitrogens with zero attached hydrogens (tertiary/aromatic N) is 3. The fourth-order valence-corrected chi connectivity index (χ4v) is 2.06. The summed E-state index contributed by atoms with van der Waals surface area (Å²) in [7, 11) is 0. The van der Waals surface area contributed by atoms with Crippen LogP contribution in [0.25, 0.3) is 0 Å². The van der Waals surface area contributed by atoms with E-state index in [2.05, 4.69) is 15.6 Å². The van der Waals surface area contributed by atoms with Crippen LogP contribution in [0, 0.1) is 0 Å². The first-order valence-corrected chi connectivity index (χ1v) is 6.93. The maximum atomic E-state index is 12.2. The summed E-state index contributed by atoms with van der Waals surface area (Å²) < 4.78 is 25.8. The van der Waals surface area contributed by atoms with E-state index in [-0.39, 0.29) is 5.69 Å². The summed E-state index contributed by atoms with van der Waals surface area (Å²) in [5, 5.41) is 10.1. The molecule has 112 valence electrons. The Bertz CT molecular complexity index is 602. The number of halogens is 2. The third-order valence-corrected chi connectivity index (χ3v) is 3.19. The summed E-state index contributed by atoms with van der Waals surface area (Å²) in [6.07, 6.45) is 1.49. The van der Waals surface area contributed by atoms with Crippen LogP contribution < -0.4 is 11.1 Å². The van der Waals surface area contributed by atoms with Gasteiger partial charge >= 0.3 is 0 Å². The molecule has 9 heteroatoms. The average Bonchev–Trinajstić information content (AvgIpc) is 2.89. The number of rotatable bonds is 6. The lowest BCUT2D eigenvalue weighted by Crippen LogP contribution is -2.12. The van der Waals surface area contributed by atoms with Crippen LogP contribution in [-0.2, 0) is 6.54 Å². The van der Waals surface area contributed by atoms with Crippen LogP contribution in [-0.4, -0.2) is 33.2 Å². The number of carbonyl (C=O) groups is 1. The molecule has 0 spiro atoms. The zero-order valence-corrected chi connectivity index (χ0v) is 11.7. The molecule has 0 atom stereocenters. The van der Waals surface area contributed by atoms with Gasteiger partial charge in [-0.2, -0.15) is 8.78 Å². The second kappa shape index (κ2) is 7.14. The van der Waals surface area contributed by atoms with Gasteiger partial charge in [-0.3, -0.25) is 9.48 Å². The Morgan fingerprint density at radius 2 is 2.10 bits per heavy atom. The van der Waals surface area contributed by atoms with Gasteiger partial charge in [-0.1, -0.05) is 17.0 Å². The first kappa shape index (κ1) is 15.4. The number of amides is 1. The van der Waals surface area contributed by atoms with Crippen LogP contribution in [0.5, 0.6) is 0 Å². The third-order valence-electron chi connectivity index (χ3n) is 2.47. The first-order chi connectivity index (χ1) is 10.1. The molecule has 2 rings (SSSR count). The lowest BCUT2D eigenvalue weighted by molar-refractivity contribution is 0.102. The Hall–Kier alpha value is -2.00. The Morgan fingerprint density at radius 3 is 2.71 bits per heavy atom. The molecule has 3 N–H and O–H groups in total. The maximum absolute atomic E-state index is 12.2. The van der Waals surface area contributed by atoms with Crippen molar-refractivity contribution in [1.82, 2.24) is 15.0 Å². The van der Waals surface area contributed by atoms with Crippen LogP contribution in [0.4, 0.5) is 14.5 Å². The van der Waals surface area contributed by atoms with Gasteiger partial charge in [-0.15, -0.1) is 5.10 Å². The molecule has 0 saturated heterocycles. The number of nitrogens with two attached hydrogens (primary N) is 1. The standard InChI is InChI=1S/C12H13F2N5OS/c13-12(14)21-9-3-1-8(2-4-9)16-11(20)10-7-19(6-5-15)18-17-10/h1-4,7,12H,5-6,15H2,(H,16,20). The molecule has 0 fully saturated rings. The number of aromatic nitrogens is 3. The molecule has 0 aliphatic heterocycles. The Morgan fingerprint density at radius 1 is 1.38 bits per heavy atom. The summed E-state index contributed by atoms with van der Waals surface area (Å²) in [6.45, 7) is 0.869. The molecular weight excluding hydrogens is 300 g/mol. The van der Waals surface area contributed by atoms with E-state index in [4.69, 9.17) is 5.73 Å². The number of hydrogen-bond acceptors (Lipinski definition) is 5. The normalized spacial score (nSPS) is 10.9. The van der Waals surface area contributed by atoms with Gasteiger partial charge in [-0.05, 0) is 24.3 Å². The second-order valence-corrected chi connectivity index (χ2v) is 5.08.